The molecule has 21 heavy (non-hydrogen) atoms. The molecule has 0 spiro atoms. The first kappa shape index (κ1) is 15.9. The number of nitrogens with zero attached hydrogens (tertiary/aromatic N) is 2. The number of benzene rings is 1. The minimum absolute atomic E-state index is 0.0956. The van der Waals surface area contributed by atoms with Crippen molar-refractivity contribution in [1.82, 2.24) is 0 Å². The number of ether oxygens (including phenoxy) is 1. The highest BCUT2D eigenvalue weighted by Crippen LogP contribution is 2.28. The number of halogens is 1. The van der Waals surface area contributed by atoms with Gasteiger partial charge in [-0.15, -0.1) is 0 Å². The van der Waals surface area contributed by atoms with Gasteiger partial charge in [-0.25, -0.2) is 0 Å². The van der Waals surface area contributed by atoms with E-state index in [-0.39, 0.29) is 11.9 Å². The summed E-state index contributed by atoms with van der Waals surface area (Å²) in [6.45, 7) is 4.60. The lowest BCUT2D eigenvalue weighted by molar-refractivity contribution is 0.0440. The maximum absolute atomic E-state index is 8.94. The van der Waals surface area contributed by atoms with Gasteiger partial charge in [-0.05, 0) is 37.5 Å². The molecule has 1 aliphatic heterocycles. The average Bonchev–Trinajstić information content (AvgIpc) is 2.52. The Bertz CT molecular complexity index is 508. The quantitative estimate of drug-likeness (QED) is 0.380. The van der Waals surface area contributed by atoms with Gasteiger partial charge in [-0.2, -0.15) is 0 Å². The van der Waals surface area contributed by atoms with Crippen molar-refractivity contribution in [3.05, 3.63) is 28.8 Å². The second kappa shape index (κ2) is 7.52. The Morgan fingerprint density at radius 1 is 1.57 bits per heavy atom. The SMILES string of the molecule is CCCOC1CCCN(c2cc(Cl)ccc2C(N)=NO)C1. The van der Waals surface area contributed by atoms with Crippen molar-refractivity contribution >= 4 is 23.1 Å². The third-order valence-electron chi connectivity index (χ3n) is 3.62. The van der Waals surface area contributed by atoms with Gasteiger partial charge >= 0.3 is 0 Å². The molecule has 0 saturated carbocycles. The van der Waals surface area contributed by atoms with E-state index in [2.05, 4.69) is 17.0 Å². The van der Waals surface area contributed by atoms with Crippen LogP contribution in [0.25, 0.3) is 0 Å². The van der Waals surface area contributed by atoms with Crippen LogP contribution in [0.4, 0.5) is 5.69 Å². The molecule has 1 atom stereocenters. The van der Waals surface area contributed by atoms with Gasteiger partial charge in [-0.3, -0.25) is 0 Å². The van der Waals surface area contributed by atoms with Crippen LogP contribution in [0, 0.1) is 0 Å². The molecule has 1 saturated heterocycles. The third kappa shape index (κ3) is 4.02. The van der Waals surface area contributed by atoms with E-state index in [1.54, 1.807) is 12.1 Å². The Morgan fingerprint density at radius 2 is 2.38 bits per heavy atom. The summed E-state index contributed by atoms with van der Waals surface area (Å²) in [5.74, 6) is 0.0956. The highest BCUT2D eigenvalue weighted by molar-refractivity contribution is 6.31. The van der Waals surface area contributed by atoms with E-state index in [0.717, 1.165) is 44.6 Å². The molecule has 1 aromatic rings. The number of piperidine rings is 1. The van der Waals surface area contributed by atoms with Crippen LogP contribution in [-0.4, -0.2) is 36.8 Å². The van der Waals surface area contributed by atoms with Crippen LogP contribution < -0.4 is 10.6 Å². The first-order valence-corrected chi connectivity index (χ1v) is 7.67. The minimum Gasteiger partial charge on any atom is -0.409 e. The molecule has 2 rings (SSSR count). The van der Waals surface area contributed by atoms with Crippen LogP contribution in [0.3, 0.4) is 0 Å². The summed E-state index contributed by atoms with van der Waals surface area (Å²) >= 11 is 6.10. The molecule has 3 N–H and O–H groups in total. The molecule has 0 amide bonds. The van der Waals surface area contributed by atoms with Crippen molar-refractivity contribution in [2.24, 2.45) is 10.9 Å². The van der Waals surface area contributed by atoms with Crippen molar-refractivity contribution in [3.8, 4) is 0 Å². The second-order valence-electron chi connectivity index (χ2n) is 5.23. The zero-order chi connectivity index (χ0) is 15.2. The van der Waals surface area contributed by atoms with Crippen molar-refractivity contribution in [1.29, 1.82) is 0 Å². The van der Waals surface area contributed by atoms with Crippen LogP contribution in [0.2, 0.25) is 5.02 Å². The lowest BCUT2D eigenvalue weighted by Gasteiger charge is -2.35. The molecule has 0 aliphatic carbocycles. The first-order chi connectivity index (χ1) is 10.2. The third-order valence-corrected chi connectivity index (χ3v) is 3.86. The number of nitrogens with two attached hydrogens (primary N) is 1. The fourth-order valence-corrected chi connectivity index (χ4v) is 2.78. The molecule has 1 aliphatic rings. The Hall–Kier alpha value is -1.46. The van der Waals surface area contributed by atoms with E-state index in [1.807, 2.05) is 6.07 Å². The van der Waals surface area contributed by atoms with Gasteiger partial charge in [0.1, 0.15) is 0 Å². The standard InChI is InChI=1S/C15H22ClN3O2/c1-2-8-21-12-4-3-7-19(10-12)14-9-11(16)5-6-13(14)15(17)18-20/h5-6,9,12,20H,2-4,7-8,10H2,1H3,(H2,17,18). The number of anilines is 1. The summed E-state index contributed by atoms with van der Waals surface area (Å²) < 4.78 is 5.86. The van der Waals surface area contributed by atoms with Gasteiger partial charge < -0.3 is 20.6 Å². The van der Waals surface area contributed by atoms with Crippen LogP contribution in [0.15, 0.2) is 23.4 Å². The lowest BCUT2D eigenvalue weighted by Crippen LogP contribution is -2.40. The fraction of sp³-hybridized carbons (Fsp3) is 0.533. The largest absolute Gasteiger partial charge is 0.409 e. The summed E-state index contributed by atoms with van der Waals surface area (Å²) in [5.41, 5.74) is 7.35. The van der Waals surface area contributed by atoms with Gasteiger partial charge in [0.05, 0.1) is 6.10 Å². The lowest BCUT2D eigenvalue weighted by atomic mass is 10.0. The summed E-state index contributed by atoms with van der Waals surface area (Å²) in [5, 5.41) is 12.7. The maximum Gasteiger partial charge on any atom is 0.172 e. The number of rotatable bonds is 5. The number of amidine groups is 1. The minimum atomic E-state index is 0.0956. The predicted octanol–water partition coefficient (Wildman–Crippen LogP) is 2.83. The molecule has 0 bridgehead atoms. The molecular weight excluding hydrogens is 290 g/mol. The molecule has 1 heterocycles. The topological polar surface area (TPSA) is 71.1 Å². The normalized spacial score (nSPS) is 19.8. The van der Waals surface area contributed by atoms with E-state index >= 15 is 0 Å². The van der Waals surface area contributed by atoms with Crippen LogP contribution >= 0.6 is 11.6 Å². The van der Waals surface area contributed by atoms with Crippen molar-refractivity contribution in [2.75, 3.05) is 24.6 Å². The van der Waals surface area contributed by atoms with Gasteiger partial charge in [0.15, 0.2) is 5.84 Å². The molecular formula is C15H22ClN3O2. The number of oxime groups is 1. The summed E-state index contributed by atoms with van der Waals surface area (Å²) in [4.78, 5) is 2.20. The molecule has 1 aromatic carbocycles. The summed E-state index contributed by atoms with van der Waals surface area (Å²) in [6.07, 6.45) is 3.35. The average molecular weight is 312 g/mol. The molecule has 1 unspecified atom stereocenters. The first-order valence-electron chi connectivity index (χ1n) is 7.29. The van der Waals surface area contributed by atoms with Crippen LogP contribution in [0.5, 0.6) is 0 Å². The Kier molecular flexibility index (Phi) is 5.70. The molecule has 0 aromatic heterocycles. The van der Waals surface area contributed by atoms with Crippen LogP contribution in [-0.2, 0) is 4.74 Å². The second-order valence-corrected chi connectivity index (χ2v) is 5.66. The Morgan fingerprint density at radius 3 is 3.10 bits per heavy atom. The predicted molar refractivity (Wildman–Crippen MR) is 85.4 cm³/mol. The van der Waals surface area contributed by atoms with E-state index in [1.165, 1.54) is 0 Å². The Labute approximate surface area is 130 Å². The van der Waals surface area contributed by atoms with E-state index < -0.39 is 0 Å². The number of hydrogen-bond donors (Lipinski definition) is 2. The van der Waals surface area contributed by atoms with Gasteiger partial charge in [0.2, 0.25) is 0 Å². The maximum atomic E-state index is 8.94. The van der Waals surface area contributed by atoms with E-state index in [0.29, 0.717) is 10.6 Å². The molecule has 116 valence electrons. The smallest absolute Gasteiger partial charge is 0.172 e. The summed E-state index contributed by atoms with van der Waals surface area (Å²) in [6, 6.07) is 5.38. The van der Waals surface area contributed by atoms with E-state index in [9.17, 15) is 0 Å². The van der Waals surface area contributed by atoms with Crippen LogP contribution in [0.1, 0.15) is 31.7 Å². The van der Waals surface area contributed by atoms with Crippen molar-refractivity contribution in [2.45, 2.75) is 32.3 Å². The fourth-order valence-electron chi connectivity index (χ4n) is 2.61. The van der Waals surface area contributed by atoms with E-state index in [4.69, 9.17) is 27.3 Å². The Balaban J connectivity index is 2.21. The molecule has 1 fully saturated rings. The zero-order valence-electron chi connectivity index (χ0n) is 12.3. The molecule has 0 radical (unpaired) electrons. The summed E-state index contributed by atoms with van der Waals surface area (Å²) in [7, 11) is 0. The number of hydrogen-bond acceptors (Lipinski definition) is 4. The van der Waals surface area contributed by atoms with Gasteiger partial charge in [-0.1, -0.05) is 23.7 Å². The van der Waals surface area contributed by atoms with Crippen molar-refractivity contribution < 1.29 is 9.94 Å². The highest BCUT2D eigenvalue weighted by atomic mass is 35.5. The van der Waals surface area contributed by atoms with Gasteiger partial charge in [0, 0.05) is 36.0 Å². The molecule has 5 nitrogen and oxygen atoms in total. The zero-order valence-corrected chi connectivity index (χ0v) is 13.0. The van der Waals surface area contributed by atoms with Gasteiger partial charge in [0.25, 0.3) is 0 Å². The molecule has 6 heteroatoms. The van der Waals surface area contributed by atoms with Crippen molar-refractivity contribution in [3.63, 3.8) is 0 Å². The highest BCUT2D eigenvalue weighted by Gasteiger charge is 2.23. The monoisotopic (exact) mass is 311 g/mol.